The lowest BCUT2D eigenvalue weighted by molar-refractivity contribution is 0.181. The molecule has 0 radical (unpaired) electrons. The maximum absolute atomic E-state index is 13.0. The fourth-order valence-corrected chi connectivity index (χ4v) is 3.10. The van der Waals surface area contributed by atoms with Crippen molar-refractivity contribution in [2.24, 2.45) is 0 Å². The first kappa shape index (κ1) is 19.4. The molecule has 2 aromatic heterocycles. The van der Waals surface area contributed by atoms with Gasteiger partial charge in [-0.1, -0.05) is 28.5 Å². The average molecular weight is 433 g/mol. The number of aromatic nitrogens is 4. The van der Waals surface area contributed by atoms with Crippen LogP contribution in [0.4, 0.5) is 4.39 Å². The summed E-state index contributed by atoms with van der Waals surface area (Å²) in [6, 6.07) is 12.9. The van der Waals surface area contributed by atoms with Crippen LogP contribution in [0.1, 0.15) is 24.8 Å². The van der Waals surface area contributed by atoms with Crippen molar-refractivity contribution in [1.82, 2.24) is 20.3 Å². The van der Waals surface area contributed by atoms with Crippen molar-refractivity contribution >= 4 is 23.4 Å². The average Bonchev–Trinajstić information content (AvgIpc) is 3.38. The summed E-state index contributed by atoms with van der Waals surface area (Å²) < 4.78 is 29.5. The molecule has 2 heterocycles. The van der Waals surface area contributed by atoms with Gasteiger partial charge >= 0.3 is 0 Å². The highest BCUT2D eigenvalue weighted by Gasteiger charge is 2.17. The van der Waals surface area contributed by atoms with Gasteiger partial charge in [-0.3, -0.25) is 0 Å². The zero-order chi connectivity index (χ0) is 20.2. The number of benzene rings is 2. The van der Waals surface area contributed by atoms with E-state index in [1.807, 2.05) is 12.1 Å². The monoisotopic (exact) mass is 432 g/mol. The van der Waals surface area contributed by atoms with Crippen molar-refractivity contribution in [3.05, 3.63) is 71.2 Å². The van der Waals surface area contributed by atoms with Crippen molar-refractivity contribution < 1.29 is 18.1 Å². The molecule has 4 aromatic rings. The third kappa shape index (κ3) is 4.93. The van der Waals surface area contributed by atoms with E-state index in [2.05, 4.69) is 20.3 Å². The highest BCUT2D eigenvalue weighted by Crippen LogP contribution is 2.26. The van der Waals surface area contributed by atoms with E-state index in [-0.39, 0.29) is 5.82 Å². The number of nitrogens with zero attached hydrogens (tertiary/aromatic N) is 4. The van der Waals surface area contributed by atoms with E-state index in [1.165, 1.54) is 36.0 Å². The second kappa shape index (κ2) is 8.62. The van der Waals surface area contributed by atoms with Crippen LogP contribution >= 0.6 is 23.4 Å². The van der Waals surface area contributed by atoms with Crippen LogP contribution in [0.15, 0.2) is 62.7 Å². The van der Waals surface area contributed by atoms with E-state index in [4.69, 9.17) is 25.3 Å². The summed E-state index contributed by atoms with van der Waals surface area (Å²) in [5.74, 6) is 1.76. The van der Waals surface area contributed by atoms with Crippen LogP contribution in [0.2, 0.25) is 5.02 Å². The van der Waals surface area contributed by atoms with Gasteiger partial charge in [-0.05, 0) is 55.5 Å². The number of hydrogen-bond donors (Lipinski definition) is 0. The molecule has 0 fully saturated rings. The van der Waals surface area contributed by atoms with E-state index in [0.717, 1.165) is 5.56 Å². The van der Waals surface area contributed by atoms with Crippen LogP contribution in [0.5, 0.6) is 5.75 Å². The smallest absolute Gasteiger partial charge is 0.277 e. The fraction of sp³-hybridized carbons (Fsp3) is 0.158. The third-order valence-electron chi connectivity index (χ3n) is 3.79. The molecule has 0 saturated carbocycles. The molecule has 0 N–H and O–H groups in total. The SMILES string of the molecule is C[C@@H](Oc1ccc(F)cc1)c1nnc(SCc2nc(-c3ccc(Cl)cc3)no2)o1. The quantitative estimate of drug-likeness (QED) is 0.361. The van der Waals surface area contributed by atoms with Crippen molar-refractivity contribution in [1.29, 1.82) is 0 Å². The first-order valence-electron chi connectivity index (χ1n) is 8.54. The van der Waals surface area contributed by atoms with Gasteiger partial charge in [0.1, 0.15) is 11.6 Å². The van der Waals surface area contributed by atoms with E-state index in [9.17, 15) is 4.39 Å². The standard InChI is InChI=1S/C19H14ClFN4O3S/c1-11(26-15-8-6-14(21)7-9-15)18-23-24-19(27-18)29-10-16-22-17(25-28-16)12-2-4-13(20)5-3-12/h2-9,11H,10H2,1H3/t11-/m1/s1. The lowest BCUT2D eigenvalue weighted by Crippen LogP contribution is -2.03. The second-order valence-corrected chi connectivity index (χ2v) is 7.29. The summed E-state index contributed by atoms with van der Waals surface area (Å²) in [4.78, 5) is 4.34. The third-order valence-corrected chi connectivity index (χ3v) is 4.84. The lowest BCUT2D eigenvalue weighted by Gasteiger charge is -2.10. The molecule has 148 valence electrons. The maximum atomic E-state index is 13.0. The number of hydrogen-bond acceptors (Lipinski definition) is 8. The predicted molar refractivity (Wildman–Crippen MR) is 104 cm³/mol. The molecule has 0 aliphatic heterocycles. The van der Waals surface area contributed by atoms with Crippen LogP contribution in [0.25, 0.3) is 11.4 Å². The Kier molecular flexibility index (Phi) is 5.77. The minimum absolute atomic E-state index is 0.309. The number of ether oxygens (including phenoxy) is 1. The van der Waals surface area contributed by atoms with Gasteiger partial charge in [0, 0.05) is 10.6 Å². The van der Waals surface area contributed by atoms with E-state index in [0.29, 0.717) is 39.4 Å². The predicted octanol–water partition coefficient (Wildman–Crippen LogP) is 5.34. The highest BCUT2D eigenvalue weighted by atomic mass is 35.5. The van der Waals surface area contributed by atoms with E-state index >= 15 is 0 Å². The van der Waals surface area contributed by atoms with Crippen LogP contribution in [-0.2, 0) is 5.75 Å². The topological polar surface area (TPSA) is 87.1 Å². The van der Waals surface area contributed by atoms with Gasteiger partial charge in [-0.15, -0.1) is 10.2 Å². The summed E-state index contributed by atoms with van der Waals surface area (Å²) in [5, 5.41) is 12.9. The summed E-state index contributed by atoms with van der Waals surface area (Å²) in [6.07, 6.45) is -0.484. The summed E-state index contributed by atoms with van der Waals surface area (Å²) in [6.45, 7) is 1.77. The zero-order valence-electron chi connectivity index (χ0n) is 15.1. The molecule has 29 heavy (non-hydrogen) atoms. The summed E-state index contributed by atoms with van der Waals surface area (Å²) in [5.41, 5.74) is 0.807. The molecule has 1 atom stereocenters. The molecule has 0 bridgehead atoms. The molecule has 0 unspecified atom stereocenters. The number of rotatable bonds is 7. The number of halogens is 2. The van der Waals surface area contributed by atoms with E-state index in [1.54, 1.807) is 19.1 Å². The van der Waals surface area contributed by atoms with Crippen molar-refractivity contribution in [2.75, 3.05) is 0 Å². The Balaban J connectivity index is 1.34. The Morgan fingerprint density at radius 2 is 1.86 bits per heavy atom. The van der Waals surface area contributed by atoms with Gasteiger partial charge in [0.15, 0.2) is 6.10 Å². The molecule has 0 spiro atoms. The molecule has 4 rings (SSSR count). The first-order valence-corrected chi connectivity index (χ1v) is 9.90. The van der Waals surface area contributed by atoms with Gasteiger partial charge in [-0.25, -0.2) is 4.39 Å². The van der Waals surface area contributed by atoms with Crippen LogP contribution in [0.3, 0.4) is 0 Å². The van der Waals surface area contributed by atoms with E-state index < -0.39 is 6.10 Å². The Morgan fingerprint density at radius 3 is 2.62 bits per heavy atom. The maximum Gasteiger partial charge on any atom is 0.277 e. The minimum Gasteiger partial charge on any atom is -0.481 e. The van der Waals surface area contributed by atoms with Crippen molar-refractivity contribution in [3.63, 3.8) is 0 Å². The van der Waals surface area contributed by atoms with Gasteiger partial charge in [-0.2, -0.15) is 4.98 Å². The molecule has 0 saturated heterocycles. The second-order valence-electron chi connectivity index (χ2n) is 5.93. The molecule has 0 aliphatic carbocycles. The molecule has 7 nitrogen and oxygen atoms in total. The molecular weight excluding hydrogens is 419 g/mol. The van der Waals surface area contributed by atoms with Gasteiger partial charge in [0.2, 0.25) is 11.7 Å². The Bertz CT molecular complexity index is 1090. The summed E-state index contributed by atoms with van der Waals surface area (Å²) in [7, 11) is 0. The lowest BCUT2D eigenvalue weighted by atomic mass is 10.2. The molecular formula is C19H14ClFN4O3S. The minimum atomic E-state index is -0.484. The Labute approximate surface area is 174 Å². The van der Waals surface area contributed by atoms with Gasteiger partial charge < -0.3 is 13.7 Å². The van der Waals surface area contributed by atoms with Gasteiger partial charge in [0.25, 0.3) is 11.1 Å². The Hall–Kier alpha value is -2.91. The highest BCUT2D eigenvalue weighted by molar-refractivity contribution is 7.98. The molecule has 10 heteroatoms. The fourth-order valence-electron chi connectivity index (χ4n) is 2.36. The molecule has 0 aliphatic rings. The molecule has 2 aromatic carbocycles. The molecule has 0 amide bonds. The van der Waals surface area contributed by atoms with Crippen LogP contribution < -0.4 is 4.74 Å². The van der Waals surface area contributed by atoms with Crippen LogP contribution in [-0.4, -0.2) is 20.3 Å². The number of thioether (sulfide) groups is 1. The zero-order valence-corrected chi connectivity index (χ0v) is 16.7. The first-order chi connectivity index (χ1) is 14.1. The normalized spacial score (nSPS) is 12.1. The Morgan fingerprint density at radius 1 is 1.10 bits per heavy atom. The summed E-state index contributed by atoms with van der Waals surface area (Å²) >= 11 is 7.15. The van der Waals surface area contributed by atoms with Crippen molar-refractivity contribution in [3.8, 4) is 17.1 Å². The van der Waals surface area contributed by atoms with Gasteiger partial charge in [0.05, 0.1) is 5.75 Å². The van der Waals surface area contributed by atoms with Crippen LogP contribution in [0, 0.1) is 5.82 Å². The van der Waals surface area contributed by atoms with Crippen molar-refractivity contribution in [2.45, 2.75) is 24.0 Å². The largest absolute Gasteiger partial charge is 0.481 e.